The molecule has 1 heterocycles. The Balaban J connectivity index is 1.87. The number of ether oxygens (including phenoxy) is 2. The summed E-state index contributed by atoms with van der Waals surface area (Å²) in [4.78, 5) is 17.6. The highest BCUT2D eigenvalue weighted by molar-refractivity contribution is 5.93. The largest absolute Gasteiger partial charge is 0.494 e. The molecule has 0 aliphatic carbocycles. The van der Waals surface area contributed by atoms with Crippen molar-refractivity contribution >= 4 is 10.9 Å². The van der Waals surface area contributed by atoms with Crippen LogP contribution in [0.3, 0.4) is 0 Å². The second kappa shape index (κ2) is 9.80. The van der Waals surface area contributed by atoms with Crippen LogP contribution < -0.4 is 15.2 Å². The van der Waals surface area contributed by atoms with E-state index in [4.69, 9.17) is 15.9 Å². The molecule has 0 bridgehead atoms. The van der Waals surface area contributed by atoms with Gasteiger partial charge in [0.25, 0.3) is 0 Å². The second-order valence-corrected chi connectivity index (χ2v) is 8.25. The number of benzene rings is 3. The summed E-state index contributed by atoms with van der Waals surface area (Å²) < 4.78 is 26.4. The third-order valence-corrected chi connectivity index (χ3v) is 5.68. The van der Waals surface area contributed by atoms with E-state index in [-0.39, 0.29) is 18.9 Å². The van der Waals surface area contributed by atoms with Gasteiger partial charge in [0.05, 0.1) is 24.9 Å². The third kappa shape index (κ3) is 4.65. The van der Waals surface area contributed by atoms with Crippen molar-refractivity contribution in [1.29, 1.82) is 0 Å². The van der Waals surface area contributed by atoms with Crippen molar-refractivity contribution in [3.8, 4) is 35.1 Å². The molecule has 0 atom stereocenters. The van der Waals surface area contributed by atoms with Crippen LogP contribution in [0, 0.1) is 18.2 Å². The molecule has 0 aliphatic heterocycles. The molecule has 1 aromatic heterocycles. The van der Waals surface area contributed by atoms with Gasteiger partial charge in [-0.3, -0.25) is 4.57 Å². The van der Waals surface area contributed by atoms with Crippen molar-refractivity contribution in [1.82, 2.24) is 9.55 Å². The zero-order chi connectivity index (χ0) is 24.2. The van der Waals surface area contributed by atoms with Gasteiger partial charge < -0.3 is 9.47 Å². The summed E-state index contributed by atoms with van der Waals surface area (Å²) in [7, 11) is 1.41. The topological polar surface area (TPSA) is 53.3 Å². The Labute approximate surface area is 197 Å². The van der Waals surface area contributed by atoms with Crippen molar-refractivity contribution in [3.63, 3.8) is 0 Å². The van der Waals surface area contributed by atoms with Crippen LogP contribution in [0.25, 0.3) is 22.2 Å². The molecule has 6 heteroatoms. The van der Waals surface area contributed by atoms with Crippen LogP contribution in [0.4, 0.5) is 4.39 Å². The van der Waals surface area contributed by atoms with Gasteiger partial charge >= 0.3 is 5.69 Å². The van der Waals surface area contributed by atoms with E-state index >= 15 is 0 Å². The first-order valence-electron chi connectivity index (χ1n) is 10.9. The molecular weight excluding hydrogens is 431 g/mol. The zero-order valence-corrected chi connectivity index (χ0v) is 19.3. The maximum atomic E-state index is 14.3. The lowest BCUT2D eigenvalue weighted by Crippen LogP contribution is -2.24. The first-order valence-corrected chi connectivity index (χ1v) is 10.9. The SMILES string of the molecule is C#CCOc1ccc2c(c1)c(-c1ccc(C(C)C)cc1)nc(=O)n2Cc1ccc(OC)c(F)c1. The number of terminal acetylenes is 1. The average molecular weight is 457 g/mol. The first-order chi connectivity index (χ1) is 16.4. The maximum Gasteiger partial charge on any atom is 0.348 e. The maximum absolute atomic E-state index is 14.3. The number of nitrogens with zero attached hydrogens (tertiary/aromatic N) is 2. The van der Waals surface area contributed by atoms with Gasteiger partial charge in [-0.1, -0.05) is 50.1 Å². The van der Waals surface area contributed by atoms with Gasteiger partial charge in [-0.05, 0) is 47.4 Å². The van der Waals surface area contributed by atoms with Crippen molar-refractivity contribution in [2.45, 2.75) is 26.3 Å². The zero-order valence-electron chi connectivity index (χ0n) is 19.3. The second-order valence-electron chi connectivity index (χ2n) is 8.25. The Bertz CT molecular complexity index is 1430. The van der Waals surface area contributed by atoms with Crippen LogP contribution >= 0.6 is 0 Å². The van der Waals surface area contributed by atoms with Crippen molar-refractivity contribution in [2.75, 3.05) is 13.7 Å². The minimum atomic E-state index is -0.489. The third-order valence-electron chi connectivity index (χ3n) is 5.68. The number of rotatable bonds is 7. The summed E-state index contributed by atoms with van der Waals surface area (Å²) in [6.07, 6.45) is 5.34. The van der Waals surface area contributed by atoms with E-state index in [2.05, 4.69) is 24.8 Å². The van der Waals surface area contributed by atoms with E-state index in [0.717, 1.165) is 10.9 Å². The molecule has 0 N–H and O–H groups in total. The quantitative estimate of drug-likeness (QED) is 0.350. The Morgan fingerprint density at radius 3 is 2.50 bits per heavy atom. The van der Waals surface area contributed by atoms with Gasteiger partial charge in [0.2, 0.25) is 0 Å². The molecule has 4 rings (SSSR count). The van der Waals surface area contributed by atoms with Gasteiger partial charge in [-0.2, -0.15) is 4.98 Å². The Morgan fingerprint density at radius 1 is 1.09 bits per heavy atom. The Hall–Kier alpha value is -4.11. The number of fused-ring (bicyclic) bond motifs is 1. The van der Waals surface area contributed by atoms with Crippen LogP contribution in [0.5, 0.6) is 11.5 Å². The highest BCUT2D eigenvalue weighted by Crippen LogP contribution is 2.30. The smallest absolute Gasteiger partial charge is 0.348 e. The molecular formula is C28H25FN2O3. The lowest BCUT2D eigenvalue weighted by molar-refractivity contribution is 0.371. The predicted octanol–water partition coefficient (Wildman–Crippen LogP) is 5.39. The molecule has 0 saturated heterocycles. The fraction of sp³-hybridized carbons (Fsp3) is 0.214. The standard InChI is InChI=1S/C28H25FN2O3/c1-5-14-34-22-11-12-25-23(16-22)27(21-9-7-20(8-10-21)18(2)3)30-28(32)31(25)17-19-6-13-26(33-4)24(29)15-19/h1,6-13,15-16,18H,14,17H2,2-4H3. The minimum Gasteiger partial charge on any atom is -0.494 e. The number of hydrogen-bond donors (Lipinski definition) is 0. The molecule has 5 nitrogen and oxygen atoms in total. The van der Waals surface area contributed by atoms with Crippen LogP contribution in [-0.2, 0) is 6.54 Å². The minimum absolute atomic E-state index is 0.127. The molecule has 0 radical (unpaired) electrons. The summed E-state index contributed by atoms with van der Waals surface area (Å²) in [5.41, 5.74) is 3.42. The number of halogens is 1. The molecule has 0 unspecified atom stereocenters. The van der Waals surface area contributed by atoms with E-state index in [1.54, 1.807) is 24.3 Å². The van der Waals surface area contributed by atoms with Crippen LogP contribution in [0.2, 0.25) is 0 Å². The van der Waals surface area contributed by atoms with Crippen LogP contribution in [0.15, 0.2) is 65.5 Å². The highest BCUT2D eigenvalue weighted by Gasteiger charge is 2.15. The summed E-state index contributed by atoms with van der Waals surface area (Å²) in [5.74, 6) is 3.08. The van der Waals surface area contributed by atoms with Crippen molar-refractivity contribution in [2.24, 2.45) is 0 Å². The summed E-state index contributed by atoms with van der Waals surface area (Å²) in [6, 6.07) is 18.0. The van der Waals surface area contributed by atoms with Gasteiger partial charge in [-0.25, -0.2) is 9.18 Å². The van der Waals surface area contributed by atoms with E-state index in [1.165, 1.54) is 23.3 Å². The van der Waals surface area contributed by atoms with E-state index < -0.39 is 11.5 Å². The molecule has 0 aliphatic rings. The Kier molecular flexibility index (Phi) is 6.65. The number of methoxy groups -OCH3 is 1. The molecule has 4 aromatic rings. The molecule has 0 saturated carbocycles. The molecule has 0 amide bonds. The van der Waals surface area contributed by atoms with Gasteiger partial charge in [0, 0.05) is 10.9 Å². The number of aromatic nitrogens is 2. The molecule has 3 aromatic carbocycles. The van der Waals surface area contributed by atoms with E-state index in [9.17, 15) is 9.18 Å². The number of hydrogen-bond acceptors (Lipinski definition) is 4. The summed E-state index contributed by atoms with van der Waals surface area (Å²) in [6.45, 7) is 4.53. The monoisotopic (exact) mass is 456 g/mol. The predicted molar refractivity (Wildman–Crippen MR) is 132 cm³/mol. The van der Waals surface area contributed by atoms with Gasteiger partial charge in [0.15, 0.2) is 11.6 Å². The van der Waals surface area contributed by atoms with Crippen LogP contribution in [-0.4, -0.2) is 23.3 Å². The molecule has 0 fully saturated rings. The van der Waals surface area contributed by atoms with Crippen molar-refractivity contribution in [3.05, 3.63) is 88.1 Å². The van der Waals surface area contributed by atoms with Gasteiger partial charge in [-0.15, -0.1) is 6.42 Å². The van der Waals surface area contributed by atoms with Crippen LogP contribution in [0.1, 0.15) is 30.9 Å². The lowest BCUT2D eigenvalue weighted by atomic mass is 9.99. The average Bonchev–Trinajstić information content (AvgIpc) is 2.84. The fourth-order valence-corrected chi connectivity index (χ4v) is 3.86. The van der Waals surface area contributed by atoms with E-state index in [1.807, 2.05) is 30.3 Å². The Morgan fingerprint density at radius 2 is 1.85 bits per heavy atom. The normalized spacial score (nSPS) is 10.9. The lowest BCUT2D eigenvalue weighted by Gasteiger charge is -2.15. The first kappa shape index (κ1) is 23.1. The molecule has 172 valence electrons. The van der Waals surface area contributed by atoms with Crippen molar-refractivity contribution < 1.29 is 13.9 Å². The fourth-order valence-electron chi connectivity index (χ4n) is 3.86. The summed E-state index contributed by atoms with van der Waals surface area (Å²) >= 11 is 0. The molecule has 34 heavy (non-hydrogen) atoms. The van der Waals surface area contributed by atoms with E-state index in [0.29, 0.717) is 28.4 Å². The highest BCUT2D eigenvalue weighted by atomic mass is 19.1. The summed E-state index contributed by atoms with van der Waals surface area (Å²) in [5, 5.41) is 0.736. The van der Waals surface area contributed by atoms with Gasteiger partial charge in [0.1, 0.15) is 12.4 Å². The molecule has 0 spiro atoms.